The van der Waals surface area contributed by atoms with Crippen LogP contribution in [-0.2, 0) is 4.74 Å². The summed E-state index contributed by atoms with van der Waals surface area (Å²) in [6, 6.07) is 4.17. The van der Waals surface area contributed by atoms with Gasteiger partial charge in [0.15, 0.2) is 0 Å². The van der Waals surface area contributed by atoms with Crippen LogP contribution in [0.1, 0.15) is 11.1 Å². The molecule has 0 saturated carbocycles. The van der Waals surface area contributed by atoms with E-state index in [2.05, 4.69) is 47.2 Å². The van der Waals surface area contributed by atoms with E-state index in [1.54, 1.807) is 0 Å². The smallest absolute Gasteiger partial charge is 0.0996 e. The molecule has 0 spiro atoms. The number of rotatable bonds is 2. The quantitative estimate of drug-likeness (QED) is 0.876. The van der Waals surface area contributed by atoms with Crippen molar-refractivity contribution < 1.29 is 9.84 Å². The second-order valence-corrected chi connectivity index (χ2v) is 5.15. The molecule has 1 aromatic carbocycles. The molecule has 2 N–H and O–H groups in total. The first-order valence-corrected chi connectivity index (χ1v) is 6.16. The van der Waals surface area contributed by atoms with Crippen LogP contribution in [0.25, 0.3) is 0 Å². The summed E-state index contributed by atoms with van der Waals surface area (Å²) >= 11 is 3.54. The Bertz CT molecular complexity index is 372. The van der Waals surface area contributed by atoms with Crippen LogP contribution in [0.5, 0.6) is 0 Å². The molecular weight excluding hydrogens is 270 g/mol. The number of halogens is 1. The summed E-state index contributed by atoms with van der Waals surface area (Å²) in [5.41, 5.74) is 3.43. The molecule has 4 heteroatoms. The van der Waals surface area contributed by atoms with Gasteiger partial charge in [-0.1, -0.05) is 6.07 Å². The summed E-state index contributed by atoms with van der Waals surface area (Å²) in [6.45, 7) is 5.10. The van der Waals surface area contributed by atoms with Crippen LogP contribution in [0.15, 0.2) is 16.6 Å². The van der Waals surface area contributed by atoms with Crippen LogP contribution in [-0.4, -0.2) is 30.5 Å². The molecule has 88 valence electrons. The topological polar surface area (TPSA) is 41.5 Å². The van der Waals surface area contributed by atoms with Crippen molar-refractivity contribution in [3.05, 3.63) is 27.7 Å². The first-order chi connectivity index (χ1) is 7.58. The van der Waals surface area contributed by atoms with Gasteiger partial charge in [-0.05, 0) is 47.0 Å². The number of hydrogen-bond donors (Lipinski definition) is 2. The zero-order chi connectivity index (χ0) is 11.7. The van der Waals surface area contributed by atoms with E-state index in [0.717, 1.165) is 10.2 Å². The summed E-state index contributed by atoms with van der Waals surface area (Å²) in [5, 5.41) is 13.0. The lowest BCUT2D eigenvalue weighted by molar-refractivity contribution is 0.125. The van der Waals surface area contributed by atoms with Gasteiger partial charge in [0.25, 0.3) is 0 Å². The highest BCUT2D eigenvalue weighted by molar-refractivity contribution is 9.10. The molecule has 2 unspecified atom stereocenters. The minimum Gasteiger partial charge on any atom is -0.388 e. The van der Waals surface area contributed by atoms with Crippen LogP contribution in [0.3, 0.4) is 0 Å². The Balaban J connectivity index is 2.21. The zero-order valence-corrected chi connectivity index (χ0v) is 11.0. The molecule has 0 radical (unpaired) electrons. The molecule has 0 bridgehead atoms. The number of nitrogens with one attached hydrogen (secondary N) is 1. The Morgan fingerprint density at radius 1 is 1.38 bits per heavy atom. The van der Waals surface area contributed by atoms with Gasteiger partial charge in [-0.2, -0.15) is 0 Å². The van der Waals surface area contributed by atoms with E-state index in [1.165, 1.54) is 11.1 Å². The van der Waals surface area contributed by atoms with Crippen LogP contribution in [0, 0.1) is 13.8 Å². The molecule has 1 aromatic rings. The fraction of sp³-hybridized carbons (Fsp3) is 0.500. The Morgan fingerprint density at radius 3 is 2.69 bits per heavy atom. The summed E-state index contributed by atoms with van der Waals surface area (Å²) in [5.74, 6) is 0. The summed E-state index contributed by atoms with van der Waals surface area (Å²) in [4.78, 5) is 0. The molecule has 0 amide bonds. The minimum atomic E-state index is -0.424. The predicted octanol–water partition coefficient (Wildman–Crippen LogP) is 2.24. The van der Waals surface area contributed by atoms with Crippen LogP contribution in [0.2, 0.25) is 0 Å². The van der Waals surface area contributed by atoms with E-state index in [-0.39, 0.29) is 6.04 Å². The van der Waals surface area contributed by atoms with Crippen LogP contribution >= 0.6 is 15.9 Å². The van der Waals surface area contributed by atoms with Gasteiger partial charge in [-0.15, -0.1) is 0 Å². The highest BCUT2D eigenvalue weighted by Gasteiger charge is 2.26. The van der Waals surface area contributed by atoms with E-state index in [4.69, 9.17) is 4.74 Å². The van der Waals surface area contributed by atoms with Gasteiger partial charge in [0.1, 0.15) is 0 Å². The number of hydrogen-bond acceptors (Lipinski definition) is 3. The normalized spacial score (nSPS) is 24.8. The second kappa shape index (κ2) is 4.73. The van der Waals surface area contributed by atoms with Gasteiger partial charge in [0.05, 0.1) is 31.0 Å². The first kappa shape index (κ1) is 11.9. The average molecular weight is 286 g/mol. The lowest BCUT2D eigenvalue weighted by Gasteiger charge is -2.19. The minimum absolute atomic E-state index is 0.0160. The first-order valence-electron chi connectivity index (χ1n) is 5.37. The monoisotopic (exact) mass is 285 g/mol. The van der Waals surface area contributed by atoms with Crippen molar-refractivity contribution in [1.82, 2.24) is 0 Å². The maximum Gasteiger partial charge on any atom is 0.0996 e. The third-order valence-corrected chi connectivity index (χ3v) is 3.44. The molecule has 0 aliphatic carbocycles. The lowest BCUT2D eigenvalue weighted by Crippen LogP contribution is -2.32. The molecule has 3 nitrogen and oxygen atoms in total. The SMILES string of the molecule is Cc1cc(C)c(NC2COCC2O)c(Br)c1. The van der Waals surface area contributed by atoms with E-state index >= 15 is 0 Å². The van der Waals surface area contributed by atoms with Gasteiger partial charge in [-0.3, -0.25) is 0 Å². The molecule has 0 aromatic heterocycles. The molecule has 1 saturated heterocycles. The standard InChI is InChI=1S/C12H16BrNO2/c1-7-3-8(2)12(9(13)4-7)14-10-5-16-6-11(10)15/h3-4,10-11,14-15H,5-6H2,1-2H3. The molecule has 16 heavy (non-hydrogen) atoms. The third kappa shape index (κ3) is 2.39. The van der Waals surface area contributed by atoms with E-state index in [1.807, 2.05) is 0 Å². The van der Waals surface area contributed by atoms with Crippen molar-refractivity contribution in [2.24, 2.45) is 0 Å². The largest absolute Gasteiger partial charge is 0.388 e. The number of aliphatic hydroxyl groups excluding tert-OH is 1. The maximum atomic E-state index is 9.68. The lowest BCUT2D eigenvalue weighted by atomic mass is 10.1. The molecule has 1 aliphatic heterocycles. The second-order valence-electron chi connectivity index (χ2n) is 4.29. The van der Waals surface area contributed by atoms with Crippen molar-refractivity contribution >= 4 is 21.6 Å². The molecule has 1 heterocycles. The van der Waals surface area contributed by atoms with Crippen LogP contribution < -0.4 is 5.32 Å². The number of benzene rings is 1. The summed E-state index contributed by atoms with van der Waals surface area (Å²) < 4.78 is 6.25. The Labute approximate surface area is 104 Å². The predicted molar refractivity (Wildman–Crippen MR) is 67.9 cm³/mol. The summed E-state index contributed by atoms with van der Waals surface area (Å²) in [7, 11) is 0. The van der Waals surface area contributed by atoms with Crippen molar-refractivity contribution in [2.45, 2.75) is 26.0 Å². The number of aliphatic hydroxyl groups is 1. The maximum absolute atomic E-state index is 9.68. The Kier molecular flexibility index (Phi) is 3.52. The molecule has 1 aliphatic rings. The van der Waals surface area contributed by atoms with Gasteiger partial charge in [0, 0.05) is 4.47 Å². The fourth-order valence-corrected chi connectivity index (χ4v) is 2.75. The molecular formula is C12H16BrNO2. The van der Waals surface area contributed by atoms with Gasteiger partial charge >= 0.3 is 0 Å². The van der Waals surface area contributed by atoms with Gasteiger partial charge in [-0.25, -0.2) is 0 Å². The third-order valence-electron chi connectivity index (χ3n) is 2.81. The Hall–Kier alpha value is -0.580. The van der Waals surface area contributed by atoms with Crippen LogP contribution in [0.4, 0.5) is 5.69 Å². The molecule has 2 atom stereocenters. The van der Waals surface area contributed by atoms with E-state index in [9.17, 15) is 5.11 Å². The van der Waals surface area contributed by atoms with Crippen molar-refractivity contribution in [3.8, 4) is 0 Å². The van der Waals surface area contributed by atoms with Crippen molar-refractivity contribution in [2.75, 3.05) is 18.5 Å². The number of anilines is 1. The van der Waals surface area contributed by atoms with E-state index < -0.39 is 6.10 Å². The number of aryl methyl sites for hydroxylation is 2. The highest BCUT2D eigenvalue weighted by Crippen LogP contribution is 2.29. The highest BCUT2D eigenvalue weighted by atomic mass is 79.9. The molecule has 1 fully saturated rings. The fourth-order valence-electron chi connectivity index (χ4n) is 1.96. The Morgan fingerprint density at radius 2 is 2.12 bits per heavy atom. The number of ether oxygens (including phenoxy) is 1. The molecule has 2 rings (SSSR count). The van der Waals surface area contributed by atoms with E-state index in [0.29, 0.717) is 13.2 Å². The van der Waals surface area contributed by atoms with Crippen molar-refractivity contribution in [3.63, 3.8) is 0 Å². The average Bonchev–Trinajstić information content (AvgIpc) is 2.57. The zero-order valence-electron chi connectivity index (χ0n) is 9.46. The van der Waals surface area contributed by atoms with Gasteiger partial charge in [0.2, 0.25) is 0 Å². The summed E-state index contributed by atoms with van der Waals surface area (Å²) in [6.07, 6.45) is -0.424. The van der Waals surface area contributed by atoms with Gasteiger partial charge < -0.3 is 15.2 Å². The van der Waals surface area contributed by atoms with Crippen molar-refractivity contribution in [1.29, 1.82) is 0 Å².